The lowest BCUT2D eigenvalue weighted by Gasteiger charge is -2.49. The van der Waals surface area contributed by atoms with E-state index in [-0.39, 0.29) is 38.9 Å². The number of aliphatic hydroxyl groups excluding tert-OH is 3. The van der Waals surface area contributed by atoms with Crippen LogP contribution in [0.4, 0.5) is 0 Å². The molecule has 96 heavy (non-hydrogen) atoms. The van der Waals surface area contributed by atoms with E-state index in [1.165, 1.54) is 84.9 Å². The summed E-state index contributed by atoms with van der Waals surface area (Å²) in [5, 5.41) is 34.1. The number of thioether (sulfide) groups is 1. The Bertz CT molecular complexity index is 3860. The third-order valence-electron chi connectivity index (χ3n) is 15.6. The van der Waals surface area contributed by atoms with Crippen molar-refractivity contribution in [1.29, 1.82) is 0 Å². The molecule has 0 unspecified atom stereocenters. The topological polar surface area (TPSA) is 291 Å². The van der Waals surface area contributed by atoms with E-state index in [0.717, 1.165) is 11.8 Å². The normalized spacial score (nSPS) is 25.3. The van der Waals surface area contributed by atoms with Crippen LogP contribution in [0, 0.1) is 0 Å². The maximum absolute atomic E-state index is 14.9. The highest BCUT2D eigenvalue weighted by atomic mass is 32.2. The summed E-state index contributed by atoms with van der Waals surface area (Å²) in [4.78, 5) is 102. The van der Waals surface area contributed by atoms with Crippen LogP contribution in [0.5, 0.6) is 0 Å². The number of esters is 7. The van der Waals surface area contributed by atoms with Crippen molar-refractivity contribution in [3.8, 4) is 0 Å². The molecular weight excluding hydrogens is 1260 g/mol. The molecular formula is C73H64O22S. The third-order valence-corrected chi connectivity index (χ3v) is 16.8. The lowest BCUT2D eigenvalue weighted by Crippen LogP contribution is -2.67. The van der Waals surface area contributed by atoms with E-state index in [0.29, 0.717) is 4.90 Å². The van der Waals surface area contributed by atoms with Gasteiger partial charge in [0.2, 0.25) is 0 Å². The molecule has 3 heterocycles. The molecule has 494 valence electrons. The van der Waals surface area contributed by atoms with Gasteiger partial charge in [-0.15, -0.1) is 0 Å². The zero-order chi connectivity index (χ0) is 66.9. The predicted octanol–water partition coefficient (Wildman–Crippen LogP) is 8.28. The van der Waals surface area contributed by atoms with Crippen molar-refractivity contribution in [2.75, 3.05) is 19.8 Å². The summed E-state index contributed by atoms with van der Waals surface area (Å²) in [5.41, 5.74) is -1.17. The van der Waals surface area contributed by atoms with Crippen LogP contribution in [-0.4, -0.2) is 168 Å². The zero-order valence-electron chi connectivity index (χ0n) is 50.9. The van der Waals surface area contributed by atoms with E-state index in [1.54, 1.807) is 158 Å². The fourth-order valence-electron chi connectivity index (χ4n) is 10.7. The van der Waals surface area contributed by atoms with Crippen LogP contribution in [0.25, 0.3) is 0 Å². The van der Waals surface area contributed by atoms with Crippen molar-refractivity contribution in [3.05, 3.63) is 282 Å². The van der Waals surface area contributed by atoms with E-state index in [1.807, 2.05) is 0 Å². The number of benzene rings is 8. The highest BCUT2D eigenvalue weighted by Crippen LogP contribution is 2.39. The number of ether oxygens (including phenoxy) is 12. The Kier molecular flexibility index (Phi) is 22.8. The van der Waals surface area contributed by atoms with Gasteiger partial charge in [0, 0.05) is 4.90 Å². The molecule has 23 heteroatoms. The molecule has 8 aromatic rings. The van der Waals surface area contributed by atoms with E-state index in [2.05, 4.69) is 0 Å². The van der Waals surface area contributed by atoms with Gasteiger partial charge in [0.15, 0.2) is 43.1 Å². The smallest absolute Gasteiger partial charge is 0.338 e. The number of rotatable bonds is 23. The predicted molar refractivity (Wildman–Crippen MR) is 339 cm³/mol. The van der Waals surface area contributed by atoms with Gasteiger partial charge < -0.3 is 72.2 Å². The van der Waals surface area contributed by atoms with Crippen LogP contribution in [0.15, 0.2) is 248 Å². The molecule has 22 nitrogen and oxygen atoms in total. The molecule has 0 radical (unpaired) electrons. The van der Waals surface area contributed by atoms with E-state index < -0.39 is 153 Å². The summed E-state index contributed by atoms with van der Waals surface area (Å²) in [7, 11) is 0. The van der Waals surface area contributed by atoms with Crippen LogP contribution in [0.2, 0.25) is 0 Å². The highest BCUT2D eigenvalue weighted by Gasteiger charge is 2.59. The van der Waals surface area contributed by atoms with Gasteiger partial charge in [-0.3, -0.25) is 0 Å². The zero-order valence-corrected chi connectivity index (χ0v) is 51.7. The van der Waals surface area contributed by atoms with E-state index in [4.69, 9.17) is 56.8 Å². The fourth-order valence-corrected chi connectivity index (χ4v) is 11.8. The van der Waals surface area contributed by atoms with Crippen LogP contribution in [0.3, 0.4) is 0 Å². The monoisotopic (exact) mass is 1320 g/mol. The van der Waals surface area contributed by atoms with Gasteiger partial charge in [-0.05, 0) is 97.1 Å². The molecule has 11 rings (SSSR count). The van der Waals surface area contributed by atoms with Gasteiger partial charge in [-0.2, -0.15) is 0 Å². The number of hydrogen-bond donors (Lipinski definition) is 3. The van der Waals surface area contributed by atoms with Crippen LogP contribution < -0.4 is 0 Å². The molecule has 3 fully saturated rings. The van der Waals surface area contributed by atoms with Gasteiger partial charge >= 0.3 is 41.8 Å². The summed E-state index contributed by atoms with van der Waals surface area (Å²) in [5.74, 6) is -7.01. The first kappa shape index (κ1) is 67.5. The first-order chi connectivity index (χ1) is 46.8. The van der Waals surface area contributed by atoms with Crippen molar-refractivity contribution in [2.24, 2.45) is 0 Å². The molecule has 15 atom stereocenters. The van der Waals surface area contributed by atoms with Gasteiger partial charge in [-0.25, -0.2) is 33.6 Å². The Morgan fingerprint density at radius 3 is 0.990 bits per heavy atom. The SMILES string of the molecule is O=C(OC[C@H]1O[C@@H](O[C@H]2[C@H](OC(=O)c3ccccc3)[C@@H](OC(=O)c3ccccc3)[C@H](OC[C@H]3O[C@@H](Sc4ccccc4)[C@H](O)[C@@H](O)[C@@H]3O)O[C@@H]2COC(=O)c2ccccc2)[C@H](OC(=O)c2ccccc2)[C@@H](OC(=O)c2ccccc2)[C@H]1OC(=O)c1ccccc1)c1ccccc1. The maximum atomic E-state index is 14.9. The Labute approximate surface area is 554 Å². The molecule has 8 aromatic carbocycles. The summed E-state index contributed by atoms with van der Waals surface area (Å²) in [6.45, 7) is -2.33. The number of aliphatic hydroxyl groups is 3. The highest BCUT2D eigenvalue weighted by molar-refractivity contribution is 7.99. The Morgan fingerprint density at radius 2 is 0.604 bits per heavy atom. The minimum absolute atomic E-state index is 0.00859. The van der Waals surface area contributed by atoms with Crippen molar-refractivity contribution in [1.82, 2.24) is 0 Å². The first-order valence-electron chi connectivity index (χ1n) is 30.5. The second-order valence-electron chi connectivity index (χ2n) is 22.1. The van der Waals surface area contributed by atoms with E-state index in [9.17, 15) is 48.9 Å². The van der Waals surface area contributed by atoms with E-state index >= 15 is 0 Å². The standard InChI is InChI=1S/C73H64O22S/c74-55-52(89-73(57(76)56(55)75)96-51-39-23-8-24-40-51)41-86-71-62(93-69(82)49-35-19-6-20-36-49)61(92-68(81)48-33-17-5-18-34-48)59(54(87-71)43-85-65(78)45-27-11-2-12-28-45)95-72-63(94-70(83)50-37-21-7-22-38-50)60(91-67(80)47-31-15-4-16-32-47)58(90-66(79)46-29-13-3-14-30-46)53(88-72)42-84-64(77)44-25-9-1-10-26-44/h1-40,52-63,71-76H,41-43H2/t52-,53-,54-,55-,56+,57-,58+,59-,60+,61+,62-,63-,71-,72+,73+/m1/s1. The maximum Gasteiger partial charge on any atom is 0.338 e. The van der Waals surface area contributed by atoms with Gasteiger partial charge in [-0.1, -0.05) is 157 Å². The summed E-state index contributed by atoms with van der Waals surface area (Å²) < 4.78 is 77.2. The van der Waals surface area contributed by atoms with Gasteiger partial charge in [0.1, 0.15) is 61.4 Å². The number of carbonyl (C=O) groups is 7. The number of carbonyl (C=O) groups excluding carboxylic acids is 7. The lowest BCUT2D eigenvalue weighted by molar-refractivity contribution is -0.358. The summed E-state index contributed by atoms with van der Waals surface area (Å²) in [6.07, 6.45) is -26.3. The molecule has 0 aliphatic carbocycles. The Morgan fingerprint density at radius 1 is 0.302 bits per heavy atom. The Hall–Kier alpha value is -9.92. The first-order valence-corrected chi connectivity index (χ1v) is 31.4. The molecule has 0 saturated carbocycles. The van der Waals surface area contributed by atoms with Crippen LogP contribution >= 0.6 is 11.8 Å². The summed E-state index contributed by atoms with van der Waals surface area (Å²) >= 11 is 1.05. The minimum atomic E-state index is -2.17. The van der Waals surface area contributed by atoms with Gasteiger partial charge in [0.05, 0.1) is 45.6 Å². The second-order valence-corrected chi connectivity index (χ2v) is 23.2. The molecule has 3 aliphatic rings. The summed E-state index contributed by atoms with van der Waals surface area (Å²) in [6, 6.07) is 62.5. The van der Waals surface area contributed by atoms with Crippen molar-refractivity contribution in [2.45, 2.75) is 96.2 Å². The van der Waals surface area contributed by atoms with Crippen LogP contribution in [-0.2, 0) is 56.8 Å². The molecule has 3 N–H and O–H groups in total. The largest absolute Gasteiger partial charge is 0.459 e. The molecule has 0 aromatic heterocycles. The van der Waals surface area contributed by atoms with Crippen molar-refractivity contribution < 1.29 is 106 Å². The quantitative estimate of drug-likeness (QED) is 0.0401. The molecule has 3 aliphatic heterocycles. The lowest BCUT2D eigenvalue weighted by atomic mass is 9.95. The fraction of sp³-hybridized carbons (Fsp3) is 0.247. The average molecular weight is 1330 g/mol. The molecule has 0 amide bonds. The van der Waals surface area contributed by atoms with Crippen LogP contribution in [0.1, 0.15) is 72.5 Å². The number of hydrogen-bond acceptors (Lipinski definition) is 23. The average Bonchev–Trinajstić information content (AvgIpc) is 0.772. The molecule has 0 bridgehead atoms. The Balaban J connectivity index is 1.05. The molecule has 3 saturated heterocycles. The van der Waals surface area contributed by atoms with Crippen molar-refractivity contribution in [3.63, 3.8) is 0 Å². The third kappa shape index (κ3) is 16.9. The van der Waals surface area contributed by atoms with Crippen molar-refractivity contribution >= 4 is 53.5 Å². The molecule has 0 spiro atoms. The van der Waals surface area contributed by atoms with Gasteiger partial charge in [0.25, 0.3) is 0 Å². The minimum Gasteiger partial charge on any atom is -0.459 e. The second kappa shape index (κ2) is 32.5.